The maximum absolute atomic E-state index is 10.6. The number of carbonyl (C=O) groups excluding carboxylic acids is 1. The van der Waals surface area contributed by atoms with Crippen LogP contribution in [0, 0.1) is 0 Å². The van der Waals surface area contributed by atoms with Crippen molar-refractivity contribution < 1.29 is 4.79 Å². The van der Waals surface area contributed by atoms with Crippen LogP contribution in [-0.4, -0.2) is 5.78 Å². The fourth-order valence-corrected chi connectivity index (χ4v) is 0.954. The second-order valence-corrected chi connectivity index (χ2v) is 3.00. The topological polar surface area (TPSA) is 17.1 Å². The van der Waals surface area contributed by atoms with E-state index in [1.165, 1.54) is 0 Å². The first kappa shape index (κ1) is 11.9. The number of carbonyl (C=O) groups is 1. The van der Waals surface area contributed by atoms with Crippen LogP contribution in [0.4, 0.5) is 0 Å². The molecule has 13 heavy (non-hydrogen) atoms. The lowest BCUT2D eigenvalue weighted by Gasteiger charge is -1.92. The number of ketones is 1. The van der Waals surface area contributed by atoms with E-state index in [9.17, 15) is 4.79 Å². The summed E-state index contributed by atoms with van der Waals surface area (Å²) >= 11 is 0. The Bertz CT molecular complexity index is 199. The molecule has 0 aromatic carbocycles. The Labute approximate surface area is 80.8 Å². The lowest BCUT2D eigenvalue weighted by molar-refractivity contribution is -0.117. The Morgan fingerprint density at radius 1 is 1.23 bits per heavy atom. The second kappa shape index (κ2) is 8.98. The van der Waals surface area contributed by atoms with Gasteiger partial charge in [-0.1, -0.05) is 37.0 Å². The highest BCUT2D eigenvalue weighted by Crippen LogP contribution is 2.01. The molecule has 0 aliphatic carbocycles. The van der Waals surface area contributed by atoms with Gasteiger partial charge in [-0.2, -0.15) is 0 Å². The lowest BCUT2D eigenvalue weighted by Crippen LogP contribution is -1.88. The Kier molecular flexibility index (Phi) is 8.21. The van der Waals surface area contributed by atoms with E-state index in [-0.39, 0.29) is 5.78 Å². The third-order valence-electron chi connectivity index (χ3n) is 1.64. The van der Waals surface area contributed by atoms with Crippen LogP contribution in [0.25, 0.3) is 0 Å². The minimum absolute atomic E-state index is 0.288. The number of rotatable bonds is 7. The summed E-state index contributed by atoms with van der Waals surface area (Å²) in [6.07, 6.45) is 13.6. The van der Waals surface area contributed by atoms with Crippen molar-refractivity contribution in [3.05, 3.63) is 37.0 Å². The van der Waals surface area contributed by atoms with Gasteiger partial charge in [-0.3, -0.25) is 0 Å². The molecule has 1 heteroatoms. The van der Waals surface area contributed by atoms with Gasteiger partial charge in [0.2, 0.25) is 0 Å². The van der Waals surface area contributed by atoms with E-state index in [1.54, 1.807) is 13.0 Å². The van der Waals surface area contributed by atoms with E-state index in [0.717, 1.165) is 25.7 Å². The number of hydrogen-bond acceptors (Lipinski definition) is 1. The molecule has 0 radical (unpaired) electrons. The van der Waals surface area contributed by atoms with Crippen molar-refractivity contribution in [3.8, 4) is 0 Å². The summed E-state index contributed by atoms with van der Waals surface area (Å²) in [4.78, 5) is 10.6. The Morgan fingerprint density at radius 3 is 2.62 bits per heavy atom. The van der Waals surface area contributed by atoms with Gasteiger partial charge < -0.3 is 4.79 Å². The van der Waals surface area contributed by atoms with Gasteiger partial charge in [0.25, 0.3) is 0 Å². The van der Waals surface area contributed by atoms with Crippen LogP contribution in [0.2, 0.25) is 0 Å². The zero-order valence-electron chi connectivity index (χ0n) is 8.33. The standard InChI is InChI=1S/C12H18O/c1-3-4-5-6-7-8-9-10-11-12(2)13/h3-7H,1,8-11H2,2H3. The molecule has 1 nitrogen and oxygen atoms in total. The molecule has 0 fully saturated rings. The van der Waals surface area contributed by atoms with E-state index in [2.05, 4.69) is 12.7 Å². The van der Waals surface area contributed by atoms with Crippen LogP contribution in [-0.2, 0) is 4.79 Å². The molecule has 0 N–H and O–H groups in total. The molecule has 0 rings (SSSR count). The molecule has 0 aliphatic heterocycles. The fraction of sp³-hybridized carbons (Fsp3) is 0.417. The predicted molar refractivity (Wildman–Crippen MR) is 57.6 cm³/mol. The van der Waals surface area contributed by atoms with E-state index >= 15 is 0 Å². The molecule has 72 valence electrons. The third-order valence-corrected chi connectivity index (χ3v) is 1.64. The van der Waals surface area contributed by atoms with Crippen LogP contribution in [0.15, 0.2) is 37.0 Å². The minimum Gasteiger partial charge on any atom is -0.300 e. The third kappa shape index (κ3) is 10.9. The molecule has 0 heterocycles. The average Bonchev–Trinajstić information content (AvgIpc) is 2.09. The van der Waals surface area contributed by atoms with Crippen molar-refractivity contribution in [3.63, 3.8) is 0 Å². The quantitative estimate of drug-likeness (QED) is 0.431. The van der Waals surface area contributed by atoms with Crippen molar-refractivity contribution in [1.82, 2.24) is 0 Å². The van der Waals surface area contributed by atoms with E-state index in [1.807, 2.05) is 18.2 Å². The first-order valence-corrected chi connectivity index (χ1v) is 4.71. The molecule has 0 bridgehead atoms. The van der Waals surface area contributed by atoms with Gasteiger partial charge in [0.1, 0.15) is 5.78 Å². The molecule has 0 saturated heterocycles. The Hall–Kier alpha value is -1.11. The van der Waals surface area contributed by atoms with Crippen molar-refractivity contribution in [2.75, 3.05) is 0 Å². The molecule has 0 aliphatic rings. The summed E-state index contributed by atoms with van der Waals surface area (Å²) in [5.41, 5.74) is 0. The molecule has 0 spiro atoms. The fourth-order valence-electron chi connectivity index (χ4n) is 0.954. The molecule has 0 atom stereocenters. The zero-order chi connectivity index (χ0) is 9.94. The monoisotopic (exact) mass is 178 g/mol. The SMILES string of the molecule is C=CC=CC=CCCCCC(C)=O. The molecular weight excluding hydrogens is 160 g/mol. The molecule has 0 unspecified atom stereocenters. The van der Waals surface area contributed by atoms with Gasteiger partial charge in [-0.15, -0.1) is 0 Å². The number of Topliss-reactive ketones (excluding diaryl/α,β-unsaturated/α-hetero) is 1. The van der Waals surface area contributed by atoms with Gasteiger partial charge >= 0.3 is 0 Å². The molecule has 0 aromatic heterocycles. The maximum Gasteiger partial charge on any atom is 0.129 e. The normalized spacial score (nSPS) is 11.2. The zero-order valence-corrected chi connectivity index (χ0v) is 8.33. The highest BCUT2D eigenvalue weighted by atomic mass is 16.1. The summed E-state index contributed by atoms with van der Waals surface area (Å²) < 4.78 is 0. The molecule has 0 aromatic rings. The Balaban J connectivity index is 3.24. The largest absolute Gasteiger partial charge is 0.300 e. The summed E-state index contributed by atoms with van der Waals surface area (Å²) in [5, 5.41) is 0. The first-order chi connectivity index (χ1) is 6.27. The first-order valence-electron chi connectivity index (χ1n) is 4.71. The van der Waals surface area contributed by atoms with Gasteiger partial charge in [0.15, 0.2) is 0 Å². The van der Waals surface area contributed by atoms with Gasteiger partial charge in [-0.25, -0.2) is 0 Å². The number of hydrogen-bond donors (Lipinski definition) is 0. The summed E-state index contributed by atoms with van der Waals surface area (Å²) in [5.74, 6) is 0.288. The highest BCUT2D eigenvalue weighted by molar-refractivity contribution is 5.75. The van der Waals surface area contributed by atoms with E-state index in [4.69, 9.17) is 0 Å². The van der Waals surface area contributed by atoms with Gasteiger partial charge in [-0.05, 0) is 26.2 Å². The average molecular weight is 178 g/mol. The van der Waals surface area contributed by atoms with Crippen LogP contribution in [0.5, 0.6) is 0 Å². The van der Waals surface area contributed by atoms with Crippen molar-refractivity contribution in [2.45, 2.75) is 32.6 Å². The van der Waals surface area contributed by atoms with Gasteiger partial charge in [0, 0.05) is 6.42 Å². The highest BCUT2D eigenvalue weighted by Gasteiger charge is 1.90. The van der Waals surface area contributed by atoms with E-state index in [0.29, 0.717) is 0 Å². The molecular formula is C12H18O. The van der Waals surface area contributed by atoms with Crippen molar-refractivity contribution in [2.24, 2.45) is 0 Å². The minimum atomic E-state index is 0.288. The molecule has 0 saturated carbocycles. The van der Waals surface area contributed by atoms with Gasteiger partial charge in [0.05, 0.1) is 0 Å². The maximum atomic E-state index is 10.6. The lowest BCUT2D eigenvalue weighted by atomic mass is 10.1. The van der Waals surface area contributed by atoms with Crippen LogP contribution >= 0.6 is 0 Å². The van der Waals surface area contributed by atoms with Crippen molar-refractivity contribution in [1.29, 1.82) is 0 Å². The summed E-state index contributed by atoms with van der Waals surface area (Å²) in [6.45, 7) is 5.21. The van der Waals surface area contributed by atoms with Crippen molar-refractivity contribution >= 4 is 5.78 Å². The summed E-state index contributed by atoms with van der Waals surface area (Å²) in [6, 6.07) is 0. The van der Waals surface area contributed by atoms with Crippen LogP contribution in [0.1, 0.15) is 32.6 Å². The predicted octanol–water partition coefficient (Wildman–Crippen LogP) is 3.43. The number of unbranched alkanes of at least 4 members (excludes halogenated alkanes) is 2. The Morgan fingerprint density at radius 2 is 2.00 bits per heavy atom. The molecule has 0 amide bonds. The van der Waals surface area contributed by atoms with Crippen LogP contribution < -0.4 is 0 Å². The van der Waals surface area contributed by atoms with Crippen LogP contribution in [0.3, 0.4) is 0 Å². The number of allylic oxidation sites excluding steroid dienone is 5. The van der Waals surface area contributed by atoms with E-state index < -0.39 is 0 Å². The summed E-state index contributed by atoms with van der Waals surface area (Å²) in [7, 11) is 0. The second-order valence-electron chi connectivity index (χ2n) is 3.00. The smallest absolute Gasteiger partial charge is 0.129 e.